The Morgan fingerprint density at radius 3 is 2.38 bits per heavy atom. The number of hydrogen-bond donors (Lipinski definition) is 2. The predicted octanol–water partition coefficient (Wildman–Crippen LogP) is 5.33. The Morgan fingerprint density at radius 1 is 0.962 bits per heavy atom. The van der Waals surface area contributed by atoms with E-state index < -0.39 is 10.1 Å². The first-order valence-electron chi connectivity index (χ1n) is 8.97. The summed E-state index contributed by atoms with van der Waals surface area (Å²) in [5.41, 5.74) is 1.16. The van der Waals surface area contributed by atoms with Crippen LogP contribution < -0.4 is 4.74 Å². The fraction of sp³-hybridized carbons (Fsp3) is 0.400. The van der Waals surface area contributed by atoms with Crippen molar-refractivity contribution >= 4 is 10.1 Å². The van der Waals surface area contributed by atoms with Crippen LogP contribution in [0.2, 0.25) is 0 Å². The van der Waals surface area contributed by atoms with Crippen molar-refractivity contribution in [3.05, 3.63) is 48.0 Å². The summed E-state index contributed by atoms with van der Waals surface area (Å²) in [6, 6.07) is 11.1. The minimum absolute atomic E-state index is 0.133. The van der Waals surface area contributed by atoms with Crippen LogP contribution >= 0.6 is 0 Å². The van der Waals surface area contributed by atoms with Gasteiger partial charge in [-0.2, -0.15) is 8.42 Å². The standard InChI is InChI=1S/C20H26O5S/c1-2-3-4-5-6-7-9-16-10-8-11-17(14-16)25-20-13-12-18(15-19(20)21)26(22,23)24/h8,10-15,21H,2-7,9H2,1H3,(H,22,23,24). The smallest absolute Gasteiger partial charge is 0.294 e. The van der Waals surface area contributed by atoms with Crippen LogP contribution in [0.4, 0.5) is 0 Å². The van der Waals surface area contributed by atoms with Gasteiger partial charge in [0.1, 0.15) is 5.75 Å². The molecular weight excluding hydrogens is 352 g/mol. The molecule has 6 heteroatoms. The van der Waals surface area contributed by atoms with Gasteiger partial charge >= 0.3 is 0 Å². The van der Waals surface area contributed by atoms with Crippen LogP contribution in [-0.2, 0) is 16.5 Å². The molecule has 0 aliphatic rings. The van der Waals surface area contributed by atoms with Gasteiger partial charge in [0.25, 0.3) is 10.1 Å². The number of benzene rings is 2. The highest BCUT2D eigenvalue weighted by Gasteiger charge is 2.13. The second-order valence-electron chi connectivity index (χ2n) is 6.37. The van der Waals surface area contributed by atoms with Gasteiger partial charge in [-0.05, 0) is 42.7 Å². The molecule has 0 atom stereocenters. The van der Waals surface area contributed by atoms with E-state index in [0.717, 1.165) is 24.5 Å². The Kier molecular flexibility index (Phi) is 7.48. The number of phenolic OH excluding ortho intramolecular Hbond substituents is 1. The third-order valence-corrected chi connectivity index (χ3v) is 5.02. The summed E-state index contributed by atoms with van der Waals surface area (Å²) in [5, 5.41) is 9.93. The maximum absolute atomic E-state index is 11.1. The van der Waals surface area contributed by atoms with Crippen LogP contribution in [0, 0.1) is 0 Å². The van der Waals surface area contributed by atoms with Crippen LogP contribution in [-0.4, -0.2) is 18.1 Å². The molecule has 5 nitrogen and oxygen atoms in total. The van der Waals surface area contributed by atoms with E-state index >= 15 is 0 Å². The molecule has 0 aliphatic carbocycles. The van der Waals surface area contributed by atoms with Crippen molar-refractivity contribution in [1.29, 1.82) is 0 Å². The van der Waals surface area contributed by atoms with E-state index in [1.165, 1.54) is 44.2 Å². The van der Waals surface area contributed by atoms with E-state index in [2.05, 4.69) is 6.92 Å². The zero-order valence-corrected chi connectivity index (χ0v) is 15.8. The predicted molar refractivity (Wildman–Crippen MR) is 102 cm³/mol. The Labute approximate surface area is 155 Å². The van der Waals surface area contributed by atoms with Crippen molar-refractivity contribution in [2.45, 2.75) is 56.8 Å². The molecule has 2 aromatic carbocycles. The lowest BCUT2D eigenvalue weighted by molar-refractivity contribution is 0.408. The summed E-state index contributed by atoms with van der Waals surface area (Å²) in [4.78, 5) is -0.376. The zero-order valence-electron chi connectivity index (χ0n) is 15.0. The molecule has 2 rings (SSSR count). The number of unbranched alkanes of at least 4 members (excludes halogenated alkanes) is 5. The van der Waals surface area contributed by atoms with Gasteiger partial charge < -0.3 is 9.84 Å². The summed E-state index contributed by atoms with van der Waals surface area (Å²) in [6.45, 7) is 2.21. The maximum atomic E-state index is 11.1. The summed E-state index contributed by atoms with van der Waals surface area (Å²) in [7, 11) is -4.36. The second kappa shape index (κ2) is 9.59. The molecule has 0 bridgehead atoms. The summed E-state index contributed by atoms with van der Waals surface area (Å²) in [5.74, 6) is 0.360. The molecule has 0 amide bonds. The fourth-order valence-corrected chi connectivity index (χ4v) is 3.25. The van der Waals surface area contributed by atoms with E-state index in [1.807, 2.05) is 18.2 Å². The van der Waals surface area contributed by atoms with Crippen molar-refractivity contribution in [1.82, 2.24) is 0 Å². The largest absolute Gasteiger partial charge is 0.504 e. The highest BCUT2D eigenvalue weighted by atomic mass is 32.2. The van der Waals surface area contributed by atoms with Crippen LogP contribution in [0.5, 0.6) is 17.2 Å². The van der Waals surface area contributed by atoms with E-state index in [9.17, 15) is 13.5 Å². The van der Waals surface area contributed by atoms with Crippen molar-refractivity contribution in [3.63, 3.8) is 0 Å². The van der Waals surface area contributed by atoms with Crippen molar-refractivity contribution in [3.8, 4) is 17.2 Å². The molecule has 0 unspecified atom stereocenters. The van der Waals surface area contributed by atoms with E-state index in [4.69, 9.17) is 9.29 Å². The Hall–Kier alpha value is -2.05. The second-order valence-corrected chi connectivity index (χ2v) is 7.79. The topological polar surface area (TPSA) is 83.8 Å². The molecule has 2 N–H and O–H groups in total. The third kappa shape index (κ3) is 6.35. The number of aromatic hydroxyl groups is 1. The first-order chi connectivity index (χ1) is 12.4. The van der Waals surface area contributed by atoms with Crippen LogP contribution in [0.3, 0.4) is 0 Å². The van der Waals surface area contributed by atoms with E-state index in [1.54, 1.807) is 6.07 Å². The maximum Gasteiger partial charge on any atom is 0.294 e. The molecule has 0 spiro atoms. The Balaban J connectivity index is 1.96. The van der Waals surface area contributed by atoms with Crippen molar-refractivity contribution in [2.24, 2.45) is 0 Å². The average Bonchev–Trinajstić information content (AvgIpc) is 2.59. The molecule has 0 aromatic heterocycles. The van der Waals surface area contributed by atoms with Crippen molar-refractivity contribution < 1.29 is 22.8 Å². The lowest BCUT2D eigenvalue weighted by atomic mass is 10.0. The highest BCUT2D eigenvalue weighted by Crippen LogP contribution is 2.33. The number of phenols is 1. The molecule has 142 valence electrons. The van der Waals surface area contributed by atoms with E-state index in [0.29, 0.717) is 5.75 Å². The van der Waals surface area contributed by atoms with Gasteiger partial charge in [-0.1, -0.05) is 51.2 Å². The van der Waals surface area contributed by atoms with Crippen molar-refractivity contribution in [2.75, 3.05) is 0 Å². The summed E-state index contributed by atoms with van der Waals surface area (Å²) < 4.78 is 36.8. The fourth-order valence-electron chi connectivity index (χ4n) is 2.74. The molecule has 0 radical (unpaired) electrons. The van der Waals surface area contributed by atoms with Gasteiger partial charge in [-0.25, -0.2) is 0 Å². The van der Waals surface area contributed by atoms with Gasteiger partial charge in [0.05, 0.1) is 4.90 Å². The Bertz CT molecular complexity index is 815. The monoisotopic (exact) mass is 378 g/mol. The van der Waals surface area contributed by atoms with Gasteiger partial charge in [0.2, 0.25) is 0 Å². The minimum Gasteiger partial charge on any atom is -0.504 e. The Morgan fingerprint density at radius 2 is 1.69 bits per heavy atom. The molecule has 0 aliphatic heterocycles. The van der Waals surface area contributed by atoms with Gasteiger partial charge in [0.15, 0.2) is 11.5 Å². The molecule has 2 aromatic rings. The molecule has 0 heterocycles. The normalized spacial score (nSPS) is 11.5. The zero-order chi connectivity index (χ0) is 19.0. The SMILES string of the molecule is CCCCCCCCc1cccc(Oc2ccc(S(=O)(=O)O)cc2O)c1. The quantitative estimate of drug-likeness (QED) is 0.431. The van der Waals surface area contributed by atoms with Gasteiger partial charge in [0, 0.05) is 6.07 Å². The number of ether oxygens (including phenoxy) is 1. The molecule has 26 heavy (non-hydrogen) atoms. The average molecular weight is 378 g/mol. The lowest BCUT2D eigenvalue weighted by Crippen LogP contribution is -1.98. The molecule has 0 fully saturated rings. The highest BCUT2D eigenvalue weighted by molar-refractivity contribution is 7.85. The van der Waals surface area contributed by atoms with Gasteiger partial charge in [-0.3, -0.25) is 4.55 Å². The van der Waals surface area contributed by atoms with Crippen LogP contribution in [0.25, 0.3) is 0 Å². The molecule has 0 saturated heterocycles. The summed E-state index contributed by atoms with van der Waals surface area (Å²) in [6.07, 6.45) is 8.40. The third-order valence-electron chi connectivity index (χ3n) is 4.17. The summed E-state index contributed by atoms with van der Waals surface area (Å²) >= 11 is 0. The van der Waals surface area contributed by atoms with Gasteiger partial charge in [-0.15, -0.1) is 0 Å². The molecule has 0 saturated carbocycles. The number of hydrogen-bond acceptors (Lipinski definition) is 4. The minimum atomic E-state index is -4.36. The molecular formula is C20H26O5S. The number of aryl methyl sites for hydroxylation is 1. The van der Waals surface area contributed by atoms with Crippen LogP contribution in [0.1, 0.15) is 51.0 Å². The first kappa shape index (κ1) is 20.3. The van der Waals surface area contributed by atoms with Crippen LogP contribution in [0.15, 0.2) is 47.4 Å². The first-order valence-corrected chi connectivity index (χ1v) is 10.4. The number of rotatable bonds is 10. The van der Waals surface area contributed by atoms with E-state index in [-0.39, 0.29) is 16.4 Å². The lowest BCUT2D eigenvalue weighted by Gasteiger charge is -2.10.